The molecule has 0 bridgehead atoms. The van der Waals surface area contributed by atoms with Gasteiger partial charge in [0.05, 0.1) is 25.2 Å². The second-order valence-corrected chi connectivity index (χ2v) is 11.8. The normalized spacial score (nSPS) is 11.6. The third-order valence-electron chi connectivity index (χ3n) is 4.92. The topological polar surface area (TPSA) is 160 Å². The SMILES string of the molecule is COC(=O)CNC(=O)c1cc(NS(C)(=O)=O)ccc1OCCN(C)CCc1ccc(NS(C)(=O)=O)cc1. The third kappa shape index (κ3) is 11.5. The van der Waals surface area contributed by atoms with Crippen molar-refractivity contribution < 1.29 is 35.9 Å². The fourth-order valence-corrected chi connectivity index (χ4v) is 4.25. The molecule has 14 heteroatoms. The smallest absolute Gasteiger partial charge is 0.325 e. The predicted octanol–water partition coefficient (Wildman–Crippen LogP) is 0.886. The first kappa shape index (κ1) is 29.9. The number of amides is 1. The van der Waals surface area contributed by atoms with Crippen LogP contribution in [0.15, 0.2) is 42.5 Å². The third-order valence-corrected chi connectivity index (χ3v) is 6.13. The van der Waals surface area contributed by atoms with Crippen LogP contribution in [0, 0.1) is 0 Å². The Hall–Kier alpha value is -3.36. The average Bonchev–Trinajstić information content (AvgIpc) is 2.80. The van der Waals surface area contributed by atoms with E-state index in [4.69, 9.17) is 4.74 Å². The number of nitrogens with zero attached hydrogens (tertiary/aromatic N) is 1. The van der Waals surface area contributed by atoms with Crippen LogP contribution in [0.4, 0.5) is 11.4 Å². The van der Waals surface area contributed by atoms with Crippen molar-refractivity contribution >= 4 is 43.3 Å². The Morgan fingerprint density at radius 2 is 1.49 bits per heavy atom. The number of esters is 1. The number of hydrogen-bond acceptors (Lipinski definition) is 9. The lowest BCUT2D eigenvalue weighted by atomic mass is 10.1. The van der Waals surface area contributed by atoms with Crippen LogP contribution in [0.3, 0.4) is 0 Å². The highest BCUT2D eigenvalue weighted by molar-refractivity contribution is 7.92. The summed E-state index contributed by atoms with van der Waals surface area (Å²) >= 11 is 0. The van der Waals surface area contributed by atoms with E-state index >= 15 is 0 Å². The van der Waals surface area contributed by atoms with Gasteiger partial charge in [-0.1, -0.05) is 12.1 Å². The molecule has 0 saturated carbocycles. The van der Waals surface area contributed by atoms with Gasteiger partial charge in [-0.15, -0.1) is 0 Å². The summed E-state index contributed by atoms with van der Waals surface area (Å²) in [4.78, 5) is 26.0. The fourth-order valence-electron chi connectivity index (χ4n) is 3.13. The summed E-state index contributed by atoms with van der Waals surface area (Å²) in [5.74, 6) is -1.03. The second-order valence-electron chi connectivity index (χ2n) is 8.32. The molecule has 37 heavy (non-hydrogen) atoms. The lowest BCUT2D eigenvalue weighted by molar-refractivity contribution is -0.139. The molecule has 0 aromatic heterocycles. The first-order valence-electron chi connectivity index (χ1n) is 11.1. The zero-order valence-electron chi connectivity index (χ0n) is 21.1. The number of hydrogen-bond donors (Lipinski definition) is 3. The van der Waals surface area contributed by atoms with Gasteiger partial charge in [0.2, 0.25) is 20.0 Å². The average molecular weight is 557 g/mol. The highest BCUT2D eigenvalue weighted by Crippen LogP contribution is 2.24. The summed E-state index contributed by atoms with van der Waals surface area (Å²) in [5.41, 5.74) is 1.76. The van der Waals surface area contributed by atoms with Crippen LogP contribution >= 0.6 is 0 Å². The van der Waals surface area contributed by atoms with Gasteiger partial charge in [0.15, 0.2) is 0 Å². The molecule has 204 valence electrons. The number of benzene rings is 2. The molecule has 0 saturated heterocycles. The maximum absolute atomic E-state index is 12.6. The minimum atomic E-state index is -3.56. The molecule has 0 aliphatic carbocycles. The van der Waals surface area contributed by atoms with Gasteiger partial charge in [0.25, 0.3) is 5.91 Å². The number of carbonyl (C=O) groups is 2. The molecular formula is C23H32N4O8S2. The summed E-state index contributed by atoms with van der Waals surface area (Å²) in [6, 6.07) is 11.4. The van der Waals surface area contributed by atoms with Gasteiger partial charge >= 0.3 is 5.97 Å². The van der Waals surface area contributed by atoms with Crippen LogP contribution in [0.5, 0.6) is 5.75 Å². The Balaban J connectivity index is 1.96. The van der Waals surface area contributed by atoms with E-state index in [1.165, 1.54) is 25.3 Å². The monoisotopic (exact) mass is 556 g/mol. The summed E-state index contributed by atoms with van der Waals surface area (Å²) < 4.78 is 60.8. The molecule has 0 heterocycles. The molecule has 2 rings (SSSR count). The molecule has 0 spiro atoms. The molecule has 0 unspecified atom stereocenters. The molecule has 1 amide bonds. The van der Waals surface area contributed by atoms with Gasteiger partial charge < -0.3 is 19.7 Å². The van der Waals surface area contributed by atoms with E-state index in [1.807, 2.05) is 24.1 Å². The van der Waals surface area contributed by atoms with Crippen molar-refractivity contribution in [2.24, 2.45) is 0 Å². The van der Waals surface area contributed by atoms with Crippen molar-refractivity contribution in [2.45, 2.75) is 6.42 Å². The van der Waals surface area contributed by atoms with E-state index in [-0.39, 0.29) is 30.2 Å². The lowest BCUT2D eigenvalue weighted by Crippen LogP contribution is -2.31. The Morgan fingerprint density at radius 1 is 0.892 bits per heavy atom. The van der Waals surface area contributed by atoms with Crippen LogP contribution < -0.4 is 19.5 Å². The molecule has 0 atom stereocenters. The number of ether oxygens (including phenoxy) is 2. The first-order valence-corrected chi connectivity index (χ1v) is 14.9. The molecule has 2 aromatic rings. The minimum Gasteiger partial charge on any atom is -0.491 e. The maximum atomic E-state index is 12.6. The van der Waals surface area contributed by atoms with Gasteiger partial charge in [-0.25, -0.2) is 16.8 Å². The number of likely N-dealkylation sites (N-methyl/N-ethyl adjacent to an activating group) is 1. The Labute approximate surface area is 217 Å². The van der Waals surface area contributed by atoms with E-state index < -0.39 is 31.9 Å². The van der Waals surface area contributed by atoms with Crippen molar-refractivity contribution in [2.75, 3.05) is 62.4 Å². The molecule has 2 aromatic carbocycles. The van der Waals surface area contributed by atoms with Crippen molar-refractivity contribution in [3.05, 3.63) is 53.6 Å². The van der Waals surface area contributed by atoms with Crippen LogP contribution in [-0.2, 0) is 36.0 Å². The molecule has 3 N–H and O–H groups in total. The van der Waals surface area contributed by atoms with Crippen molar-refractivity contribution in [1.29, 1.82) is 0 Å². The lowest BCUT2D eigenvalue weighted by Gasteiger charge is -2.18. The van der Waals surface area contributed by atoms with Crippen molar-refractivity contribution in [3.8, 4) is 5.75 Å². The highest BCUT2D eigenvalue weighted by Gasteiger charge is 2.16. The van der Waals surface area contributed by atoms with E-state index in [1.54, 1.807) is 12.1 Å². The summed E-state index contributed by atoms with van der Waals surface area (Å²) in [7, 11) is -3.78. The fraction of sp³-hybridized carbons (Fsp3) is 0.391. The number of rotatable bonds is 14. The Bertz CT molecular complexity index is 1300. The summed E-state index contributed by atoms with van der Waals surface area (Å²) in [5, 5.41) is 2.42. The predicted molar refractivity (Wildman–Crippen MR) is 141 cm³/mol. The summed E-state index contributed by atoms with van der Waals surface area (Å²) in [6.07, 6.45) is 2.81. The summed E-state index contributed by atoms with van der Waals surface area (Å²) in [6.45, 7) is 1.11. The standard InChI is InChI=1S/C23H32N4O8S2/c1-27(12-11-17-5-7-18(8-6-17)25-36(3,30)31)13-14-35-21-10-9-19(26-37(4,32)33)15-20(21)23(29)24-16-22(28)34-2/h5-10,15,25-26H,11-14,16H2,1-4H3,(H,24,29). The molecular weight excluding hydrogens is 524 g/mol. The zero-order chi connectivity index (χ0) is 27.6. The number of sulfonamides is 2. The molecule has 0 fully saturated rings. The van der Waals surface area contributed by atoms with E-state index in [0.717, 1.165) is 24.5 Å². The van der Waals surface area contributed by atoms with Crippen molar-refractivity contribution in [3.63, 3.8) is 0 Å². The quantitative estimate of drug-likeness (QED) is 0.287. The van der Waals surface area contributed by atoms with Gasteiger partial charge in [-0.2, -0.15) is 0 Å². The molecule has 0 radical (unpaired) electrons. The Morgan fingerprint density at radius 3 is 2.08 bits per heavy atom. The highest BCUT2D eigenvalue weighted by atomic mass is 32.2. The minimum absolute atomic E-state index is 0.0583. The number of anilines is 2. The van der Waals surface area contributed by atoms with Gasteiger partial charge in [0.1, 0.15) is 18.9 Å². The van der Waals surface area contributed by atoms with Crippen LogP contribution in [0.1, 0.15) is 15.9 Å². The van der Waals surface area contributed by atoms with Crippen LogP contribution in [0.25, 0.3) is 0 Å². The first-order chi connectivity index (χ1) is 17.3. The number of nitrogens with one attached hydrogen (secondary N) is 3. The second kappa shape index (κ2) is 13.3. The Kier molecular flexibility index (Phi) is 10.7. The molecule has 12 nitrogen and oxygen atoms in total. The number of methoxy groups -OCH3 is 1. The van der Waals surface area contributed by atoms with E-state index in [0.29, 0.717) is 18.8 Å². The van der Waals surface area contributed by atoms with E-state index in [2.05, 4.69) is 19.5 Å². The van der Waals surface area contributed by atoms with Gasteiger partial charge in [-0.3, -0.25) is 19.0 Å². The van der Waals surface area contributed by atoms with Crippen LogP contribution in [0.2, 0.25) is 0 Å². The van der Waals surface area contributed by atoms with Gasteiger partial charge in [0, 0.05) is 24.5 Å². The largest absolute Gasteiger partial charge is 0.491 e. The molecule has 0 aliphatic rings. The van der Waals surface area contributed by atoms with Crippen LogP contribution in [-0.4, -0.2) is 86.5 Å². The number of carbonyl (C=O) groups excluding carboxylic acids is 2. The molecule has 0 aliphatic heterocycles. The van der Waals surface area contributed by atoms with Crippen molar-refractivity contribution in [1.82, 2.24) is 10.2 Å². The maximum Gasteiger partial charge on any atom is 0.325 e. The van der Waals surface area contributed by atoms with E-state index in [9.17, 15) is 26.4 Å². The zero-order valence-corrected chi connectivity index (χ0v) is 22.7. The van der Waals surface area contributed by atoms with Gasteiger partial charge in [-0.05, 0) is 49.4 Å².